The smallest absolute Gasteiger partial charge is 0.237 e. The summed E-state index contributed by atoms with van der Waals surface area (Å²) in [7, 11) is 0. The van der Waals surface area contributed by atoms with Crippen LogP contribution in [0.25, 0.3) is 0 Å². The van der Waals surface area contributed by atoms with E-state index in [0.29, 0.717) is 12.5 Å². The van der Waals surface area contributed by atoms with E-state index in [2.05, 4.69) is 17.1 Å². The van der Waals surface area contributed by atoms with Gasteiger partial charge in [-0.15, -0.1) is 24.8 Å². The molecule has 1 amide bonds. The molecule has 6 heteroatoms. The molecule has 132 valence electrons. The van der Waals surface area contributed by atoms with Crippen molar-refractivity contribution in [3.8, 4) is 0 Å². The summed E-state index contributed by atoms with van der Waals surface area (Å²) in [5.41, 5.74) is 5.92. The largest absolute Gasteiger partial charge is 0.350 e. The Morgan fingerprint density at radius 3 is 2.45 bits per heavy atom. The average Bonchev–Trinajstić information content (AvgIpc) is 2.94. The van der Waals surface area contributed by atoms with Gasteiger partial charge >= 0.3 is 0 Å². The minimum atomic E-state index is 0. The molecule has 0 aromatic heterocycles. The third kappa shape index (κ3) is 5.88. The van der Waals surface area contributed by atoms with Crippen molar-refractivity contribution in [1.82, 2.24) is 10.2 Å². The van der Waals surface area contributed by atoms with Crippen LogP contribution >= 0.6 is 24.8 Å². The van der Waals surface area contributed by atoms with E-state index in [-0.39, 0.29) is 42.8 Å². The average molecular weight is 354 g/mol. The molecule has 0 radical (unpaired) electrons. The molecule has 2 atom stereocenters. The molecule has 2 fully saturated rings. The highest BCUT2D eigenvalue weighted by Gasteiger charge is 2.32. The molecule has 0 aromatic rings. The quantitative estimate of drug-likeness (QED) is 0.771. The van der Waals surface area contributed by atoms with Crippen molar-refractivity contribution in [3.63, 3.8) is 0 Å². The van der Waals surface area contributed by atoms with Gasteiger partial charge in [0.2, 0.25) is 5.91 Å². The Morgan fingerprint density at radius 1 is 1.18 bits per heavy atom. The Balaban J connectivity index is 0.00000220. The Labute approximate surface area is 147 Å². The standard InChI is InChI=1S/C16H31N3O.2ClH/c1-2-10-19-11-6-9-15(19)16(20)18-14(12-17)13-7-4-3-5-8-13;;/h13-15H,2-12,17H2,1H3,(H,18,20);2*1H. The Kier molecular flexibility index (Phi) is 11.5. The van der Waals surface area contributed by atoms with Crippen molar-refractivity contribution >= 4 is 30.7 Å². The van der Waals surface area contributed by atoms with Crippen molar-refractivity contribution in [2.45, 2.75) is 70.4 Å². The highest BCUT2D eigenvalue weighted by Crippen LogP contribution is 2.26. The molecule has 0 bridgehead atoms. The van der Waals surface area contributed by atoms with Crippen LogP contribution in [0.2, 0.25) is 0 Å². The van der Waals surface area contributed by atoms with Gasteiger partial charge < -0.3 is 11.1 Å². The van der Waals surface area contributed by atoms with E-state index in [1.807, 2.05) is 0 Å². The van der Waals surface area contributed by atoms with Gasteiger partial charge in [0.05, 0.1) is 6.04 Å². The van der Waals surface area contributed by atoms with Gasteiger partial charge in [-0.05, 0) is 51.1 Å². The Hall–Kier alpha value is -0.0300. The first-order valence-corrected chi connectivity index (χ1v) is 8.50. The number of amides is 1. The summed E-state index contributed by atoms with van der Waals surface area (Å²) < 4.78 is 0. The molecular weight excluding hydrogens is 321 g/mol. The molecule has 1 aliphatic carbocycles. The minimum absolute atomic E-state index is 0. The topological polar surface area (TPSA) is 58.4 Å². The number of halogens is 2. The fraction of sp³-hybridized carbons (Fsp3) is 0.938. The zero-order valence-electron chi connectivity index (χ0n) is 13.8. The number of hydrogen-bond acceptors (Lipinski definition) is 3. The van der Waals surface area contributed by atoms with Crippen LogP contribution in [0.15, 0.2) is 0 Å². The van der Waals surface area contributed by atoms with Gasteiger partial charge in [-0.2, -0.15) is 0 Å². The number of hydrogen-bond donors (Lipinski definition) is 2. The van der Waals surface area contributed by atoms with Crippen LogP contribution in [0.1, 0.15) is 58.3 Å². The van der Waals surface area contributed by atoms with E-state index in [1.54, 1.807) is 0 Å². The maximum Gasteiger partial charge on any atom is 0.237 e. The van der Waals surface area contributed by atoms with E-state index in [1.165, 1.54) is 32.1 Å². The number of carbonyl (C=O) groups is 1. The predicted molar refractivity (Wildman–Crippen MR) is 96.9 cm³/mol. The van der Waals surface area contributed by atoms with Gasteiger partial charge in [-0.25, -0.2) is 0 Å². The molecule has 2 aliphatic rings. The first-order chi connectivity index (χ1) is 9.76. The van der Waals surface area contributed by atoms with Gasteiger partial charge in [0.1, 0.15) is 0 Å². The van der Waals surface area contributed by atoms with E-state index in [4.69, 9.17) is 5.73 Å². The molecule has 0 spiro atoms. The number of nitrogens with zero attached hydrogens (tertiary/aromatic N) is 1. The van der Waals surface area contributed by atoms with Gasteiger partial charge in [0.25, 0.3) is 0 Å². The van der Waals surface area contributed by atoms with Crippen molar-refractivity contribution in [3.05, 3.63) is 0 Å². The second kappa shape index (κ2) is 11.5. The second-order valence-electron chi connectivity index (χ2n) is 6.44. The molecule has 2 unspecified atom stereocenters. The summed E-state index contributed by atoms with van der Waals surface area (Å²) in [5.74, 6) is 0.815. The van der Waals surface area contributed by atoms with E-state index < -0.39 is 0 Å². The molecule has 3 N–H and O–H groups in total. The summed E-state index contributed by atoms with van der Waals surface area (Å²) in [5, 5.41) is 3.26. The fourth-order valence-corrected chi connectivity index (χ4v) is 3.86. The lowest BCUT2D eigenvalue weighted by molar-refractivity contribution is -0.126. The van der Waals surface area contributed by atoms with Crippen LogP contribution in [0.5, 0.6) is 0 Å². The van der Waals surface area contributed by atoms with Crippen LogP contribution in [0.3, 0.4) is 0 Å². The monoisotopic (exact) mass is 353 g/mol. The highest BCUT2D eigenvalue weighted by molar-refractivity contribution is 5.85. The van der Waals surface area contributed by atoms with E-state index in [0.717, 1.165) is 32.4 Å². The lowest BCUT2D eigenvalue weighted by atomic mass is 9.84. The number of carbonyl (C=O) groups excluding carboxylic acids is 1. The van der Waals surface area contributed by atoms with Gasteiger partial charge in [0, 0.05) is 12.6 Å². The number of nitrogens with one attached hydrogen (secondary N) is 1. The molecule has 1 aliphatic heterocycles. The SMILES string of the molecule is CCCN1CCCC1C(=O)NC(CN)C1CCCCC1.Cl.Cl. The van der Waals surface area contributed by atoms with Gasteiger partial charge in [-0.1, -0.05) is 26.2 Å². The second-order valence-corrected chi connectivity index (χ2v) is 6.44. The van der Waals surface area contributed by atoms with Crippen LogP contribution in [-0.2, 0) is 4.79 Å². The van der Waals surface area contributed by atoms with Crippen molar-refractivity contribution in [2.24, 2.45) is 11.7 Å². The lowest BCUT2D eigenvalue weighted by Gasteiger charge is -2.32. The first-order valence-electron chi connectivity index (χ1n) is 8.50. The van der Waals surface area contributed by atoms with Crippen molar-refractivity contribution < 1.29 is 4.79 Å². The molecule has 4 nitrogen and oxygen atoms in total. The normalized spacial score (nSPS) is 24.2. The summed E-state index contributed by atoms with van der Waals surface area (Å²) >= 11 is 0. The summed E-state index contributed by atoms with van der Waals surface area (Å²) in [6, 6.07) is 0.277. The highest BCUT2D eigenvalue weighted by atomic mass is 35.5. The number of likely N-dealkylation sites (tertiary alicyclic amines) is 1. The number of nitrogens with two attached hydrogens (primary N) is 1. The van der Waals surface area contributed by atoms with E-state index >= 15 is 0 Å². The summed E-state index contributed by atoms with van der Waals surface area (Å²) in [6.45, 7) is 4.87. The molecule has 1 saturated heterocycles. The zero-order chi connectivity index (χ0) is 14.4. The summed E-state index contributed by atoms with van der Waals surface area (Å²) in [6.07, 6.45) is 9.66. The molecular formula is C16H33Cl2N3O. The third-order valence-electron chi connectivity index (χ3n) is 4.98. The molecule has 0 aromatic carbocycles. The van der Waals surface area contributed by atoms with Crippen molar-refractivity contribution in [1.29, 1.82) is 0 Å². The third-order valence-corrected chi connectivity index (χ3v) is 4.98. The molecule has 2 rings (SSSR count). The summed E-state index contributed by atoms with van der Waals surface area (Å²) in [4.78, 5) is 14.9. The van der Waals surface area contributed by atoms with Gasteiger partial charge in [-0.3, -0.25) is 9.69 Å². The lowest BCUT2D eigenvalue weighted by Crippen LogP contribution is -2.52. The van der Waals surface area contributed by atoms with Crippen LogP contribution in [-0.4, -0.2) is 42.5 Å². The van der Waals surface area contributed by atoms with Crippen molar-refractivity contribution in [2.75, 3.05) is 19.6 Å². The Morgan fingerprint density at radius 2 is 1.86 bits per heavy atom. The zero-order valence-corrected chi connectivity index (χ0v) is 15.4. The fourth-order valence-electron chi connectivity index (χ4n) is 3.86. The molecule has 1 saturated carbocycles. The maximum absolute atomic E-state index is 12.5. The molecule has 22 heavy (non-hydrogen) atoms. The van der Waals surface area contributed by atoms with Crippen LogP contribution < -0.4 is 11.1 Å². The molecule has 1 heterocycles. The van der Waals surface area contributed by atoms with Crippen LogP contribution in [0, 0.1) is 5.92 Å². The predicted octanol–water partition coefficient (Wildman–Crippen LogP) is 2.73. The maximum atomic E-state index is 12.5. The number of rotatable bonds is 6. The van der Waals surface area contributed by atoms with Gasteiger partial charge in [0.15, 0.2) is 0 Å². The van der Waals surface area contributed by atoms with Crippen LogP contribution in [0.4, 0.5) is 0 Å². The first kappa shape index (κ1) is 22.0. The van der Waals surface area contributed by atoms with E-state index in [9.17, 15) is 4.79 Å². The Bertz CT molecular complexity index is 312. The minimum Gasteiger partial charge on any atom is -0.350 e.